The molecule has 1 atom stereocenters. The first-order valence-electron chi connectivity index (χ1n) is 10.5. The van der Waals surface area contributed by atoms with E-state index < -0.39 is 0 Å². The van der Waals surface area contributed by atoms with Crippen LogP contribution in [0.5, 0.6) is 0 Å². The predicted molar refractivity (Wildman–Crippen MR) is 111 cm³/mol. The highest BCUT2D eigenvalue weighted by molar-refractivity contribution is 5.74. The number of urea groups is 1. The minimum atomic E-state index is 0.0898. The van der Waals surface area contributed by atoms with Gasteiger partial charge in [0.05, 0.1) is 0 Å². The second kappa shape index (κ2) is 9.20. The van der Waals surface area contributed by atoms with Gasteiger partial charge in [-0.3, -0.25) is 4.98 Å². The van der Waals surface area contributed by atoms with E-state index in [0.717, 1.165) is 52.1 Å². The normalized spacial score (nSPS) is 21.0. The minimum Gasteiger partial charge on any atom is -0.337 e. The Balaban J connectivity index is 1.16. The molecule has 2 aromatic rings. The van der Waals surface area contributed by atoms with Crippen molar-refractivity contribution in [2.75, 3.05) is 39.3 Å². The Morgan fingerprint density at radius 3 is 2.36 bits per heavy atom. The molecule has 5 heteroatoms. The zero-order chi connectivity index (χ0) is 19.2. The molecular weight excluding hydrogens is 348 g/mol. The number of benzene rings is 1. The first kappa shape index (κ1) is 18.9. The number of amides is 2. The maximum Gasteiger partial charge on any atom is 0.317 e. The number of carbonyl (C=O) groups is 1. The van der Waals surface area contributed by atoms with Crippen LogP contribution in [0.3, 0.4) is 0 Å². The first-order valence-corrected chi connectivity index (χ1v) is 10.5. The Bertz CT molecular complexity index is 744. The summed E-state index contributed by atoms with van der Waals surface area (Å²) >= 11 is 0. The standard InChI is InChI=1S/C23H30N4O/c28-23(27-15-9-21(10-16-27)20-6-11-24-12-7-20)25-13-17-26-14-8-22(18-26)19-4-2-1-3-5-19/h1-7,11-12,21-22H,8-10,13-18H2,(H,25,28)/t22-/m1/s1. The zero-order valence-electron chi connectivity index (χ0n) is 16.5. The lowest BCUT2D eigenvalue weighted by molar-refractivity contribution is 0.180. The number of hydrogen-bond acceptors (Lipinski definition) is 3. The molecule has 2 aliphatic rings. The first-order chi connectivity index (χ1) is 13.8. The molecule has 2 aliphatic heterocycles. The number of pyridine rings is 1. The molecule has 28 heavy (non-hydrogen) atoms. The third-order valence-electron chi connectivity index (χ3n) is 6.21. The number of nitrogens with one attached hydrogen (secondary N) is 1. The number of nitrogens with zero attached hydrogens (tertiary/aromatic N) is 3. The Labute approximate surface area is 167 Å². The Morgan fingerprint density at radius 2 is 1.61 bits per heavy atom. The second-order valence-electron chi connectivity index (χ2n) is 7.97. The molecule has 2 amide bonds. The third kappa shape index (κ3) is 4.71. The van der Waals surface area contributed by atoms with Crippen LogP contribution in [0, 0.1) is 0 Å². The molecule has 0 radical (unpaired) electrons. The van der Waals surface area contributed by atoms with Crippen molar-refractivity contribution in [3.63, 3.8) is 0 Å². The number of aromatic nitrogens is 1. The van der Waals surface area contributed by atoms with Crippen LogP contribution >= 0.6 is 0 Å². The van der Waals surface area contributed by atoms with Crippen molar-refractivity contribution >= 4 is 6.03 Å². The van der Waals surface area contributed by atoms with Gasteiger partial charge in [0.25, 0.3) is 0 Å². The van der Waals surface area contributed by atoms with Crippen LogP contribution in [0.25, 0.3) is 0 Å². The highest BCUT2D eigenvalue weighted by atomic mass is 16.2. The van der Waals surface area contributed by atoms with Gasteiger partial charge in [-0.2, -0.15) is 0 Å². The highest BCUT2D eigenvalue weighted by Crippen LogP contribution is 2.28. The summed E-state index contributed by atoms with van der Waals surface area (Å²) in [5.74, 6) is 1.18. The van der Waals surface area contributed by atoms with E-state index in [9.17, 15) is 4.79 Å². The quantitative estimate of drug-likeness (QED) is 0.867. The van der Waals surface area contributed by atoms with E-state index in [1.54, 1.807) is 0 Å². The van der Waals surface area contributed by atoms with E-state index in [-0.39, 0.29) is 6.03 Å². The lowest BCUT2D eigenvalue weighted by Gasteiger charge is -2.32. The molecule has 2 fully saturated rings. The van der Waals surface area contributed by atoms with E-state index in [4.69, 9.17) is 0 Å². The summed E-state index contributed by atoms with van der Waals surface area (Å²) in [5.41, 5.74) is 2.78. The van der Waals surface area contributed by atoms with Gasteiger partial charge in [0.15, 0.2) is 0 Å². The Morgan fingerprint density at radius 1 is 0.929 bits per heavy atom. The number of likely N-dealkylation sites (tertiary alicyclic amines) is 2. The van der Waals surface area contributed by atoms with Crippen molar-refractivity contribution in [2.45, 2.75) is 31.1 Å². The Kier molecular flexibility index (Phi) is 6.22. The van der Waals surface area contributed by atoms with Gasteiger partial charge in [-0.15, -0.1) is 0 Å². The van der Waals surface area contributed by atoms with Gasteiger partial charge in [-0.25, -0.2) is 4.79 Å². The van der Waals surface area contributed by atoms with Gasteiger partial charge in [0.1, 0.15) is 0 Å². The molecule has 148 valence electrons. The lowest BCUT2D eigenvalue weighted by Crippen LogP contribution is -2.46. The molecule has 1 aromatic carbocycles. The van der Waals surface area contributed by atoms with Crippen LogP contribution in [0.15, 0.2) is 54.9 Å². The van der Waals surface area contributed by atoms with Crippen LogP contribution in [0.4, 0.5) is 4.79 Å². The molecule has 1 N–H and O–H groups in total. The van der Waals surface area contributed by atoms with E-state index in [1.807, 2.05) is 17.3 Å². The molecule has 0 bridgehead atoms. The Hall–Kier alpha value is -2.40. The average molecular weight is 379 g/mol. The zero-order valence-corrected chi connectivity index (χ0v) is 16.5. The molecule has 4 rings (SSSR count). The molecule has 1 aromatic heterocycles. The molecule has 0 unspecified atom stereocenters. The summed E-state index contributed by atoms with van der Waals surface area (Å²) in [6.45, 7) is 5.54. The van der Waals surface area contributed by atoms with Crippen molar-refractivity contribution in [1.82, 2.24) is 20.1 Å². The maximum absolute atomic E-state index is 12.5. The van der Waals surface area contributed by atoms with Crippen LogP contribution in [0.1, 0.15) is 42.2 Å². The summed E-state index contributed by atoms with van der Waals surface area (Å²) in [7, 11) is 0. The number of hydrogen-bond donors (Lipinski definition) is 1. The average Bonchev–Trinajstić information content (AvgIpc) is 3.24. The fourth-order valence-electron chi connectivity index (χ4n) is 4.52. The van der Waals surface area contributed by atoms with Gasteiger partial charge in [0, 0.05) is 45.1 Å². The summed E-state index contributed by atoms with van der Waals surface area (Å²) < 4.78 is 0. The van der Waals surface area contributed by atoms with Crippen molar-refractivity contribution in [3.05, 3.63) is 66.0 Å². The molecular formula is C23H30N4O. The van der Waals surface area contributed by atoms with Crippen molar-refractivity contribution in [2.24, 2.45) is 0 Å². The highest BCUT2D eigenvalue weighted by Gasteiger charge is 2.25. The number of carbonyl (C=O) groups excluding carboxylic acids is 1. The monoisotopic (exact) mass is 378 g/mol. The van der Waals surface area contributed by atoms with Crippen LogP contribution < -0.4 is 5.32 Å². The van der Waals surface area contributed by atoms with Crippen molar-refractivity contribution < 1.29 is 4.79 Å². The third-order valence-corrected chi connectivity index (χ3v) is 6.21. The fraction of sp³-hybridized carbons (Fsp3) is 0.478. The van der Waals surface area contributed by atoms with Gasteiger partial charge in [-0.1, -0.05) is 30.3 Å². The SMILES string of the molecule is O=C(NCCN1CC[C@@H](c2ccccc2)C1)N1CCC(c2ccncc2)CC1. The van der Waals surface area contributed by atoms with Crippen LogP contribution in [0.2, 0.25) is 0 Å². The summed E-state index contributed by atoms with van der Waals surface area (Å²) in [6, 6.07) is 15.1. The summed E-state index contributed by atoms with van der Waals surface area (Å²) in [6.07, 6.45) is 6.98. The maximum atomic E-state index is 12.5. The number of piperidine rings is 1. The van der Waals surface area contributed by atoms with Gasteiger partial charge in [-0.05, 0) is 60.9 Å². The molecule has 2 saturated heterocycles. The summed E-state index contributed by atoms with van der Waals surface area (Å²) in [5, 5.41) is 3.12. The lowest BCUT2D eigenvalue weighted by atomic mass is 9.90. The molecule has 0 spiro atoms. The van der Waals surface area contributed by atoms with E-state index in [1.165, 1.54) is 17.5 Å². The van der Waals surface area contributed by atoms with Crippen molar-refractivity contribution in [3.8, 4) is 0 Å². The molecule has 5 nitrogen and oxygen atoms in total. The number of rotatable bonds is 5. The van der Waals surface area contributed by atoms with E-state index >= 15 is 0 Å². The largest absolute Gasteiger partial charge is 0.337 e. The topological polar surface area (TPSA) is 48.5 Å². The van der Waals surface area contributed by atoms with Gasteiger partial charge in [0.2, 0.25) is 0 Å². The van der Waals surface area contributed by atoms with Crippen LogP contribution in [-0.2, 0) is 0 Å². The minimum absolute atomic E-state index is 0.0898. The summed E-state index contributed by atoms with van der Waals surface area (Å²) in [4.78, 5) is 21.0. The fourth-order valence-corrected chi connectivity index (χ4v) is 4.52. The van der Waals surface area contributed by atoms with Crippen LogP contribution in [-0.4, -0.2) is 60.1 Å². The molecule has 0 saturated carbocycles. The van der Waals surface area contributed by atoms with E-state index in [2.05, 4.69) is 57.7 Å². The van der Waals surface area contributed by atoms with Gasteiger partial charge < -0.3 is 15.1 Å². The van der Waals surface area contributed by atoms with E-state index in [0.29, 0.717) is 11.8 Å². The van der Waals surface area contributed by atoms with Gasteiger partial charge >= 0.3 is 6.03 Å². The van der Waals surface area contributed by atoms with Crippen molar-refractivity contribution in [1.29, 1.82) is 0 Å². The smallest absolute Gasteiger partial charge is 0.317 e. The predicted octanol–water partition coefficient (Wildman–Crippen LogP) is 3.46. The second-order valence-corrected chi connectivity index (χ2v) is 7.97. The molecule has 0 aliphatic carbocycles. The molecule has 3 heterocycles.